The SMILES string of the molecule is CN(C)C(=O)CC(N)c1ccc(-c2cc(-c3cccc(OCCF)c3)[nH]n2)cn1. The average molecular weight is 397 g/mol. The Morgan fingerprint density at radius 2 is 2.07 bits per heavy atom. The number of hydrogen-bond acceptors (Lipinski definition) is 5. The largest absolute Gasteiger partial charge is 0.491 e. The standard InChI is InChI=1S/C21H24FN5O2/c1-27(2)21(28)11-17(23)18-7-6-15(13-24-18)20-12-19(25-26-20)14-4-3-5-16(10-14)29-9-8-22/h3-7,10,12-13,17H,8-9,11,23H2,1-2H3,(H,25,26). The van der Waals surface area contributed by atoms with Crippen LogP contribution in [0.2, 0.25) is 0 Å². The molecule has 0 radical (unpaired) electrons. The molecular weight excluding hydrogens is 373 g/mol. The molecule has 1 atom stereocenters. The number of halogens is 1. The van der Waals surface area contributed by atoms with E-state index < -0.39 is 12.7 Å². The number of hydrogen-bond donors (Lipinski definition) is 2. The number of carbonyl (C=O) groups excluding carboxylic acids is 1. The molecule has 2 aromatic heterocycles. The second kappa shape index (κ2) is 9.29. The van der Waals surface area contributed by atoms with Crippen molar-refractivity contribution >= 4 is 5.91 Å². The summed E-state index contributed by atoms with van der Waals surface area (Å²) in [6, 6.07) is 12.5. The lowest BCUT2D eigenvalue weighted by molar-refractivity contribution is -0.129. The maximum atomic E-state index is 12.3. The lowest BCUT2D eigenvalue weighted by Gasteiger charge is -2.14. The highest BCUT2D eigenvalue weighted by Gasteiger charge is 2.15. The van der Waals surface area contributed by atoms with E-state index in [1.165, 1.54) is 4.90 Å². The van der Waals surface area contributed by atoms with Crippen LogP contribution in [0.15, 0.2) is 48.7 Å². The van der Waals surface area contributed by atoms with E-state index >= 15 is 0 Å². The Morgan fingerprint density at radius 1 is 1.24 bits per heavy atom. The number of rotatable bonds is 8. The molecule has 0 saturated carbocycles. The van der Waals surface area contributed by atoms with E-state index in [0.29, 0.717) is 11.4 Å². The molecule has 0 spiro atoms. The predicted octanol–water partition coefficient (Wildman–Crippen LogP) is 2.97. The van der Waals surface area contributed by atoms with Crippen molar-refractivity contribution < 1.29 is 13.9 Å². The first kappa shape index (κ1) is 20.5. The fraction of sp³-hybridized carbons (Fsp3) is 0.286. The third-order valence-electron chi connectivity index (χ3n) is 4.42. The first-order valence-electron chi connectivity index (χ1n) is 9.24. The summed E-state index contributed by atoms with van der Waals surface area (Å²) in [5.41, 5.74) is 9.98. The third-order valence-corrected chi connectivity index (χ3v) is 4.42. The number of carbonyl (C=O) groups is 1. The number of benzene rings is 1. The van der Waals surface area contributed by atoms with Crippen LogP contribution in [-0.4, -0.2) is 53.4 Å². The van der Waals surface area contributed by atoms with Gasteiger partial charge in [0.15, 0.2) is 0 Å². The predicted molar refractivity (Wildman–Crippen MR) is 109 cm³/mol. The minimum atomic E-state index is -0.533. The van der Waals surface area contributed by atoms with Crippen molar-refractivity contribution in [3.05, 3.63) is 54.4 Å². The highest BCUT2D eigenvalue weighted by atomic mass is 19.1. The van der Waals surface area contributed by atoms with Crippen LogP contribution in [0.4, 0.5) is 4.39 Å². The third kappa shape index (κ3) is 5.17. The fourth-order valence-corrected chi connectivity index (χ4v) is 2.78. The Hall–Kier alpha value is -3.26. The second-order valence-corrected chi connectivity index (χ2v) is 6.80. The van der Waals surface area contributed by atoms with Gasteiger partial charge in [0.05, 0.1) is 23.1 Å². The normalized spacial score (nSPS) is 11.9. The molecule has 2 heterocycles. The number of amides is 1. The van der Waals surface area contributed by atoms with Gasteiger partial charge in [-0.15, -0.1) is 0 Å². The van der Waals surface area contributed by atoms with Gasteiger partial charge in [0.2, 0.25) is 5.91 Å². The van der Waals surface area contributed by atoms with Crippen molar-refractivity contribution in [3.8, 4) is 28.3 Å². The number of H-pyrrole nitrogens is 1. The molecule has 29 heavy (non-hydrogen) atoms. The van der Waals surface area contributed by atoms with E-state index in [2.05, 4.69) is 15.2 Å². The Morgan fingerprint density at radius 3 is 2.76 bits per heavy atom. The smallest absolute Gasteiger partial charge is 0.224 e. The van der Waals surface area contributed by atoms with E-state index in [0.717, 1.165) is 22.5 Å². The zero-order valence-corrected chi connectivity index (χ0v) is 16.4. The molecule has 0 aliphatic rings. The van der Waals surface area contributed by atoms with Gasteiger partial charge >= 0.3 is 0 Å². The summed E-state index contributed by atoms with van der Waals surface area (Å²) < 4.78 is 17.6. The number of alkyl halides is 1. The van der Waals surface area contributed by atoms with Crippen molar-refractivity contribution in [3.63, 3.8) is 0 Å². The van der Waals surface area contributed by atoms with Crippen LogP contribution in [0, 0.1) is 0 Å². The number of nitrogens with one attached hydrogen (secondary N) is 1. The fourth-order valence-electron chi connectivity index (χ4n) is 2.78. The Kier molecular flexibility index (Phi) is 6.56. The van der Waals surface area contributed by atoms with Gasteiger partial charge in [-0.25, -0.2) is 4.39 Å². The summed E-state index contributed by atoms with van der Waals surface area (Å²) in [5, 5.41) is 7.34. The number of aromatic amines is 1. The summed E-state index contributed by atoms with van der Waals surface area (Å²) in [6.45, 7) is -0.508. The molecule has 1 unspecified atom stereocenters. The Balaban J connectivity index is 1.73. The monoisotopic (exact) mass is 397 g/mol. The van der Waals surface area contributed by atoms with Crippen LogP contribution in [0.25, 0.3) is 22.5 Å². The molecule has 3 rings (SSSR count). The van der Waals surface area contributed by atoms with Gasteiger partial charge in [-0.1, -0.05) is 12.1 Å². The Bertz CT molecular complexity index is 956. The molecule has 7 nitrogen and oxygen atoms in total. The molecule has 1 aromatic carbocycles. The summed E-state index contributed by atoms with van der Waals surface area (Å²) in [4.78, 5) is 17.7. The van der Waals surface area contributed by atoms with Crippen LogP contribution < -0.4 is 10.5 Å². The number of aromatic nitrogens is 3. The lowest BCUT2D eigenvalue weighted by Crippen LogP contribution is -2.26. The zero-order valence-electron chi connectivity index (χ0n) is 16.4. The maximum Gasteiger partial charge on any atom is 0.224 e. The average Bonchev–Trinajstić information content (AvgIpc) is 3.23. The molecule has 0 bridgehead atoms. The van der Waals surface area contributed by atoms with Gasteiger partial charge in [0, 0.05) is 37.8 Å². The number of pyridine rings is 1. The number of ether oxygens (including phenoxy) is 1. The van der Waals surface area contributed by atoms with Crippen LogP contribution in [0.5, 0.6) is 5.75 Å². The summed E-state index contributed by atoms with van der Waals surface area (Å²) in [7, 11) is 3.40. The number of nitrogens with zero attached hydrogens (tertiary/aromatic N) is 3. The number of nitrogens with two attached hydrogens (primary N) is 1. The summed E-state index contributed by atoms with van der Waals surface area (Å²) >= 11 is 0. The van der Waals surface area contributed by atoms with E-state index in [9.17, 15) is 9.18 Å². The van der Waals surface area contributed by atoms with Gasteiger partial charge in [-0.2, -0.15) is 5.10 Å². The molecule has 0 aliphatic heterocycles. The van der Waals surface area contributed by atoms with Gasteiger partial charge < -0.3 is 15.4 Å². The molecule has 152 valence electrons. The minimum Gasteiger partial charge on any atom is -0.491 e. The highest BCUT2D eigenvalue weighted by Crippen LogP contribution is 2.26. The molecule has 0 aliphatic carbocycles. The van der Waals surface area contributed by atoms with Gasteiger partial charge in [-0.3, -0.25) is 14.9 Å². The van der Waals surface area contributed by atoms with Crippen LogP contribution in [0.3, 0.4) is 0 Å². The lowest BCUT2D eigenvalue weighted by atomic mass is 10.1. The highest BCUT2D eigenvalue weighted by molar-refractivity contribution is 5.76. The van der Waals surface area contributed by atoms with Crippen LogP contribution in [0.1, 0.15) is 18.2 Å². The second-order valence-electron chi connectivity index (χ2n) is 6.80. The molecule has 3 aromatic rings. The van der Waals surface area contributed by atoms with Crippen molar-refractivity contribution in [2.75, 3.05) is 27.4 Å². The first-order chi connectivity index (χ1) is 14.0. The summed E-state index contributed by atoms with van der Waals surface area (Å²) in [5.74, 6) is 0.557. The molecule has 3 N–H and O–H groups in total. The van der Waals surface area contributed by atoms with Crippen molar-refractivity contribution in [2.24, 2.45) is 5.73 Å². The van der Waals surface area contributed by atoms with Gasteiger partial charge in [-0.05, 0) is 30.3 Å². The topological polar surface area (TPSA) is 97.1 Å². The maximum absolute atomic E-state index is 12.3. The van der Waals surface area contributed by atoms with Crippen molar-refractivity contribution in [1.82, 2.24) is 20.1 Å². The van der Waals surface area contributed by atoms with E-state index in [1.54, 1.807) is 26.4 Å². The van der Waals surface area contributed by atoms with Crippen molar-refractivity contribution in [2.45, 2.75) is 12.5 Å². The molecule has 8 heteroatoms. The van der Waals surface area contributed by atoms with E-state index in [4.69, 9.17) is 10.5 Å². The van der Waals surface area contributed by atoms with Crippen molar-refractivity contribution in [1.29, 1.82) is 0 Å². The van der Waals surface area contributed by atoms with Gasteiger partial charge in [0.25, 0.3) is 0 Å². The molecule has 0 saturated heterocycles. The van der Waals surface area contributed by atoms with Gasteiger partial charge in [0.1, 0.15) is 19.0 Å². The molecule has 1 amide bonds. The first-order valence-corrected chi connectivity index (χ1v) is 9.24. The molecule has 0 fully saturated rings. The Labute approximate surface area is 168 Å². The van der Waals surface area contributed by atoms with E-state index in [-0.39, 0.29) is 18.9 Å². The van der Waals surface area contributed by atoms with E-state index in [1.807, 2.05) is 36.4 Å². The van der Waals surface area contributed by atoms with Crippen LogP contribution in [-0.2, 0) is 4.79 Å². The zero-order chi connectivity index (χ0) is 20.8. The van der Waals surface area contributed by atoms with Crippen LogP contribution >= 0.6 is 0 Å². The minimum absolute atomic E-state index is 0.0258. The quantitative estimate of drug-likeness (QED) is 0.609. The molecular formula is C21H24FN5O2. The summed E-state index contributed by atoms with van der Waals surface area (Å²) in [6.07, 6.45) is 1.89.